The molecule has 1 N–H and O–H groups in total. The molecule has 4 aromatic rings. The molecule has 5 rings (SSSR count). The number of nitrogens with zero attached hydrogens (tertiary/aromatic N) is 2. The fourth-order valence-electron chi connectivity index (χ4n) is 5.45. The molecule has 0 saturated carbocycles. The van der Waals surface area contributed by atoms with Gasteiger partial charge in [0.15, 0.2) is 0 Å². The van der Waals surface area contributed by atoms with Crippen molar-refractivity contribution in [1.29, 1.82) is 0 Å². The van der Waals surface area contributed by atoms with E-state index in [2.05, 4.69) is 70.3 Å². The summed E-state index contributed by atoms with van der Waals surface area (Å²) in [6.07, 6.45) is 5.33. The molecular weight excluding hydrogens is 497 g/mol. The van der Waals surface area contributed by atoms with Crippen molar-refractivity contribution >= 4 is 34.5 Å². The fourth-order valence-corrected chi connectivity index (χ4v) is 5.80. The molecule has 1 atom stereocenters. The third-order valence-electron chi connectivity index (χ3n) is 7.52. The average molecular weight is 532 g/mol. The molecule has 198 valence electrons. The molecule has 1 amide bonds. The molecule has 1 saturated heterocycles. The number of fused-ring (bicyclic) bond motifs is 1. The van der Waals surface area contributed by atoms with Gasteiger partial charge in [-0.15, -0.1) is 0 Å². The highest BCUT2D eigenvalue weighted by Gasteiger charge is 2.28. The smallest absolute Gasteiger partial charge is 0.255 e. The molecule has 3 aromatic carbocycles. The lowest BCUT2D eigenvalue weighted by Gasteiger charge is -2.35. The van der Waals surface area contributed by atoms with E-state index in [1.54, 1.807) is 31.1 Å². The molecule has 0 radical (unpaired) electrons. The van der Waals surface area contributed by atoms with Crippen LogP contribution in [-0.2, 0) is 6.42 Å². The Balaban J connectivity index is 1.54. The van der Waals surface area contributed by atoms with Crippen molar-refractivity contribution in [2.45, 2.75) is 25.2 Å². The molecule has 1 aliphatic rings. The monoisotopic (exact) mass is 531 g/mol. The number of amides is 1. The Bertz CT molecular complexity index is 1400. The maximum Gasteiger partial charge on any atom is 0.255 e. The minimum Gasteiger partial charge on any atom is -0.455 e. The summed E-state index contributed by atoms with van der Waals surface area (Å²) in [5.74, 6) is 0.261. The van der Waals surface area contributed by atoms with Crippen LogP contribution in [0.3, 0.4) is 0 Å². The molecule has 1 fully saturated rings. The molecule has 1 unspecified atom stereocenters. The molecule has 2 heterocycles. The third-order valence-corrected chi connectivity index (χ3v) is 8.26. The number of carbonyl (C=O) groups is 1. The van der Waals surface area contributed by atoms with Crippen LogP contribution in [0.4, 0.5) is 10.1 Å². The van der Waals surface area contributed by atoms with E-state index in [-0.39, 0.29) is 11.7 Å². The van der Waals surface area contributed by atoms with Crippen LogP contribution in [0.5, 0.6) is 0 Å². The first-order valence-electron chi connectivity index (χ1n) is 13.1. The van der Waals surface area contributed by atoms with Crippen LogP contribution in [0.15, 0.2) is 71.1 Å². The zero-order valence-corrected chi connectivity index (χ0v) is 23.0. The minimum atomic E-state index is -0.327. The lowest BCUT2D eigenvalue weighted by atomic mass is 9.88. The number of anilines is 1. The average Bonchev–Trinajstić information content (AvgIpc) is 3.34. The van der Waals surface area contributed by atoms with Crippen LogP contribution in [0.2, 0.25) is 0 Å². The molecule has 0 aliphatic carbocycles. The van der Waals surface area contributed by atoms with E-state index in [9.17, 15) is 9.18 Å². The largest absolute Gasteiger partial charge is 0.455 e. The second kappa shape index (κ2) is 11.6. The summed E-state index contributed by atoms with van der Waals surface area (Å²) < 4.78 is 22.1. The van der Waals surface area contributed by atoms with E-state index < -0.39 is 0 Å². The molecule has 38 heavy (non-hydrogen) atoms. The number of hydrogen-bond acceptors (Lipinski definition) is 5. The Morgan fingerprint density at radius 3 is 2.63 bits per heavy atom. The summed E-state index contributed by atoms with van der Waals surface area (Å²) in [4.78, 5) is 15.7. The number of halogens is 1. The number of likely N-dealkylation sites (tertiary alicyclic amines) is 1. The van der Waals surface area contributed by atoms with Crippen LogP contribution >= 0.6 is 11.9 Å². The second-order valence-electron chi connectivity index (χ2n) is 9.85. The summed E-state index contributed by atoms with van der Waals surface area (Å²) in [5, 5.41) is 3.56. The van der Waals surface area contributed by atoms with Crippen molar-refractivity contribution in [3.63, 3.8) is 0 Å². The van der Waals surface area contributed by atoms with E-state index in [1.807, 2.05) is 0 Å². The first-order chi connectivity index (χ1) is 18.5. The Hall–Kier alpha value is -3.29. The maximum atomic E-state index is 13.6. The standard InChI is InChI=1S/C31H34FN3O2S/c1-33-31(36)29-26-18-25(23-10-7-16-35(20-23)17-15-21-8-5-4-6-9-21)27(34(2)38-3)19-28(26)37-30(29)22-11-13-24(32)14-12-22/h4-6,8-9,11-14,18-19,23H,7,10,15-17,20H2,1-3H3,(H,33,36). The number of benzene rings is 3. The normalized spacial score (nSPS) is 16.1. The Morgan fingerprint density at radius 1 is 1.16 bits per heavy atom. The van der Waals surface area contributed by atoms with Gasteiger partial charge in [-0.1, -0.05) is 42.3 Å². The van der Waals surface area contributed by atoms with Crippen LogP contribution < -0.4 is 9.62 Å². The molecule has 0 spiro atoms. The van der Waals surface area contributed by atoms with Crippen molar-refractivity contribution in [3.05, 3.63) is 89.2 Å². The van der Waals surface area contributed by atoms with Crippen LogP contribution in [0.25, 0.3) is 22.3 Å². The summed E-state index contributed by atoms with van der Waals surface area (Å²) in [6, 6.07) is 20.9. The lowest BCUT2D eigenvalue weighted by molar-refractivity contribution is 0.0964. The number of carbonyl (C=O) groups excluding carboxylic acids is 1. The Morgan fingerprint density at radius 2 is 1.92 bits per heavy atom. The van der Waals surface area contributed by atoms with E-state index >= 15 is 0 Å². The highest BCUT2D eigenvalue weighted by atomic mass is 32.2. The van der Waals surface area contributed by atoms with Crippen molar-refractivity contribution in [3.8, 4) is 11.3 Å². The van der Waals surface area contributed by atoms with E-state index in [4.69, 9.17) is 4.42 Å². The number of nitrogens with one attached hydrogen (secondary N) is 1. The molecule has 1 aliphatic heterocycles. The summed E-state index contributed by atoms with van der Waals surface area (Å²) >= 11 is 1.65. The zero-order valence-electron chi connectivity index (χ0n) is 22.2. The van der Waals surface area contributed by atoms with Gasteiger partial charge in [0, 0.05) is 50.5 Å². The van der Waals surface area contributed by atoms with Crippen molar-refractivity contribution < 1.29 is 13.6 Å². The van der Waals surface area contributed by atoms with Gasteiger partial charge in [0.1, 0.15) is 17.2 Å². The second-order valence-corrected chi connectivity index (χ2v) is 10.8. The summed E-state index contributed by atoms with van der Waals surface area (Å²) in [7, 11) is 3.69. The molecule has 0 bridgehead atoms. The molecule has 1 aromatic heterocycles. The van der Waals surface area contributed by atoms with Gasteiger partial charge < -0.3 is 18.9 Å². The van der Waals surface area contributed by atoms with Gasteiger partial charge >= 0.3 is 0 Å². The van der Waals surface area contributed by atoms with Crippen molar-refractivity contribution in [2.24, 2.45) is 0 Å². The number of hydrogen-bond donors (Lipinski definition) is 1. The lowest BCUT2D eigenvalue weighted by Crippen LogP contribution is -2.36. The first kappa shape index (κ1) is 26.3. The highest BCUT2D eigenvalue weighted by Crippen LogP contribution is 2.42. The predicted octanol–water partition coefficient (Wildman–Crippen LogP) is 6.73. The Labute approximate surface area is 228 Å². The Kier molecular flexibility index (Phi) is 8.05. The van der Waals surface area contributed by atoms with Gasteiger partial charge in [-0.3, -0.25) is 4.79 Å². The number of piperidine rings is 1. The highest BCUT2D eigenvalue weighted by molar-refractivity contribution is 7.99. The topological polar surface area (TPSA) is 48.7 Å². The zero-order chi connectivity index (χ0) is 26.6. The minimum absolute atomic E-state index is 0.215. The fraction of sp³-hybridized carbons (Fsp3) is 0.323. The number of rotatable bonds is 8. The van der Waals surface area contributed by atoms with Crippen LogP contribution in [0.1, 0.15) is 40.2 Å². The van der Waals surface area contributed by atoms with Crippen LogP contribution in [-0.4, -0.2) is 50.8 Å². The quantitative estimate of drug-likeness (QED) is 0.255. The van der Waals surface area contributed by atoms with Crippen molar-refractivity contribution in [1.82, 2.24) is 10.2 Å². The van der Waals surface area contributed by atoms with Gasteiger partial charge in [-0.25, -0.2) is 4.39 Å². The maximum absolute atomic E-state index is 13.6. The van der Waals surface area contributed by atoms with Gasteiger partial charge in [-0.05, 0) is 73.2 Å². The van der Waals surface area contributed by atoms with E-state index in [0.717, 1.165) is 50.0 Å². The SMILES string of the molecule is CNC(=O)c1c(-c2ccc(F)cc2)oc2cc(N(C)SC)c(C3CCCN(CCc4ccccc4)C3)cc12. The van der Waals surface area contributed by atoms with Gasteiger partial charge in [0.2, 0.25) is 0 Å². The van der Waals surface area contributed by atoms with Gasteiger partial charge in [0.25, 0.3) is 5.91 Å². The van der Waals surface area contributed by atoms with Crippen molar-refractivity contribution in [2.75, 3.05) is 44.3 Å². The van der Waals surface area contributed by atoms with E-state index in [1.165, 1.54) is 23.3 Å². The van der Waals surface area contributed by atoms with E-state index in [0.29, 0.717) is 28.4 Å². The van der Waals surface area contributed by atoms with Gasteiger partial charge in [0.05, 0.1) is 11.3 Å². The number of furan rings is 1. The molecule has 5 nitrogen and oxygen atoms in total. The third kappa shape index (κ3) is 5.45. The summed E-state index contributed by atoms with van der Waals surface area (Å²) in [5.41, 5.74) is 5.51. The molecular formula is C31H34FN3O2S. The summed E-state index contributed by atoms with van der Waals surface area (Å²) in [6.45, 7) is 3.11. The van der Waals surface area contributed by atoms with Crippen LogP contribution in [0, 0.1) is 5.82 Å². The molecule has 7 heteroatoms. The predicted molar refractivity (Wildman–Crippen MR) is 155 cm³/mol. The first-order valence-corrected chi connectivity index (χ1v) is 14.3. The van der Waals surface area contributed by atoms with Gasteiger partial charge in [-0.2, -0.15) is 0 Å².